The number of hydrogen-bond donors (Lipinski definition) is 3. The number of nitrogens with one attached hydrogen (secondary N) is 2. The lowest BCUT2D eigenvalue weighted by atomic mass is 10.1. The van der Waals surface area contributed by atoms with Crippen LogP contribution in [-0.2, 0) is 13.0 Å². The summed E-state index contributed by atoms with van der Waals surface area (Å²) in [6, 6.07) is 5.66. The highest BCUT2D eigenvalue weighted by molar-refractivity contribution is 5.89. The fourth-order valence-electron chi connectivity index (χ4n) is 4.10. The van der Waals surface area contributed by atoms with Gasteiger partial charge in [-0.2, -0.15) is 0 Å². The van der Waals surface area contributed by atoms with E-state index in [0.29, 0.717) is 34.2 Å². The topological polar surface area (TPSA) is 99.1 Å². The summed E-state index contributed by atoms with van der Waals surface area (Å²) in [7, 11) is 0. The van der Waals surface area contributed by atoms with Crippen LogP contribution in [0.4, 0.5) is 26.4 Å². The number of aliphatic hydroxyl groups is 1. The lowest BCUT2D eigenvalue weighted by Crippen LogP contribution is -2.40. The van der Waals surface area contributed by atoms with Crippen LogP contribution in [-0.4, -0.2) is 50.6 Å². The number of anilines is 3. The first-order chi connectivity index (χ1) is 15.4. The fourth-order valence-corrected chi connectivity index (χ4v) is 4.10. The smallest absolute Gasteiger partial charge is 0.251 e. The van der Waals surface area contributed by atoms with Crippen LogP contribution in [0.15, 0.2) is 24.4 Å². The van der Waals surface area contributed by atoms with Crippen molar-refractivity contribution in [3.8, 4) is 0 Å². The Kier molecular flexibility index (Phi) is 5.34. The molecule has 2 aliphatic rings. The van der Waals surface area contributed by atoms with Crippen LogP contribution >= 0.6 is 0 Å². The number of hydrogen-bond acceptors (Lipinski definition) is 8. The molecule has 32 heavy (non-hydrogen) atoms. The Bertz CT molecular complexity index is 1140. The van der Waals surface area contributed by atoms with E-state index in [9.17, 15) is 13.9 Å². The Morgan fingerprint density at radius 2 is 2.00 bits per heavy atom. The Morgan fingerprint density at radius 3 is 2.78 bits per heavy atom. The summed E-state index contributed by atoms with van der Waals surface area (Å²) >= 11 is 0. The predicted molar refractivity (Wildman–Crippen MR) is 117 cm³/mol. The second kappa shape index (κ2) is 8.18. The predicted octanol–water partition coefficient (Wildman–Crippen LogP) is 3.10. The normalized spacial score (nSPS) is 18.9. The third-order valence-corrected chi connectivity index (χ3v) is 5.95. The average molecular weight is 441 g/mol. The van der Waals surface area contributed by atoms with Crippen molar-refractivity contribution in [1.29, 1.82) is 0 Å². The minimum absolute atomic E-state index is 0.172. The van der Waals surface area contributed by atoms with Gasteiger partial charge in [0, 0.05) is 62.7 Å². The van der Waals surface area contributed by atoms with Gasteiger partial charge in [-0.1, -0.05) is 6.07 Å². The second-order valence-electron chi connectivity index (χ2n) is 8.38. The maximum Gasteiger partial charge on any atom is 0.251 e. The van der Waals surface area contributed by atoms with E-state index in [1.54, 1.807) is 19.2 Å². The summed E-state index contributed by atoms with van der Waals surface area (Å²) in [5, 5.41) is 17.2. The van der Waals surface area contributed by atoms with E-state index < -0.39 is 12.0 Å². The Balaban J connectivity index is 1.50. The van der Waals surface area contributed by atoms with Crippen LogP contribution in [0.1, 0.15) is 42.8 Å². The quantitative estimate of drug-likeness (QED) is 0.568. The van der Waals surface area contributed by atoms with Crippen LogP contribution in [0.5, 0.6) is 0 Å². The van der Waals surface area contributed by atoms with Crippen molar-refractivity contribution < 1.29 is 13.9 Å². The van der Waals surface area contributed by atoms with Gasteiger partial charge in [0.2, 0.25) is 5.95 Å². The molecular weight excluding hydrogens is 416 g/mol. The highest BCUT2D eigenvalue weighted by Gasteiger charge is 2.35. The van der Waals surface area contributed by atoms with Gasteiger partial charge >= 0.3 is 0 Å². The maximum atomic E-state index is 13.7. The van der Waals surface area contributed by atoms with E-state index in [4.69, 9.17) is 0 Å². The minimum atomic E-state index is -2.66. The summed E-state index contributed by atoms with van der Waals surface area (Å²) in [6.45, 7) is 3.67. The highest BCUT2D eigenvalue weighted by atomic mass is 19.3. The molecule has 0 amide bonds. The van der Waals surface area contributed by atoms with Crippen LogP contribution in [0.3, 0.4) is 0 Å². The number of nitrogens with zero attached hydrogens (tertiary/aromatic N) is 5. The summed E-state index contributed by atoms with van der Waals surface area (Å²) < 4.78 is 27.4. The number of aromatic nitrogens is 4. The van der Waals surface area contributed by atoms with Gasteiger partial charge in [-0.15, -0.1) is 0 Å². The van der Waals surface area contributed by atoms with Crippen molar-refractivity contribution in [2.45, 2.75) is 44.8 Å². The van der Waals surface area contributed by atoms with Gasteiger partial charge < -0.3 is 20.6 Å². The van der Waals surface area contributed by atoms with E-state index in [0.717, 1.165) is 25.2 Å². The number of aliphatic hydroxyl groups excluding tert-OH is 1. The van der Waals surface area contributed by atoms with Gasteiger partial charge in [0.1, 0.15) is 11.3 Å². The number of rotatable bonds is 4. The summed E-state index contributed by atoms with van der Waals surface area (Å²) in [5.41, 5.74) is 3.24. The molecule has 3 N–H and O–H groups in total. The maximum absolute atomic E-state index is 13.7. The summed E-state index contributed by atoms with van der Waals surface area (Å²) in [6.07, 6.45) is 1.25. The molecule has 2 aliphatic heterocycles. The molecule has 1 fully saturated rings. The third kappa shape index (κ3) is 4.20. The largest absolute Gasteiger partial charge is 0.387 e. The van der Waals surface area contributed by atoms with Gasteiger partial charge in [0.25, 0.3) is 5.92 Å². The molecule has 0 spiro atoms. The number of fused-ring (bicyclic) bond motifs is 2. The zero-order valence-electron chi connectivity index (χ0n) is 17.8. The molecule has 0 saturated carbocycles. The van der Waals surface area contributed by atoms with E-state index in [-0.39, 0.29) is 25.9 Å². The molecule has 5 rings (SSSR count). The molecular formula is C22H25F2N7O. The number of halogens is 2. The third-order valence-electron chi connectivity index (χ3n) is 5.95. The molecule has 0 unspecified atom stereocenters. The van der Waals surface area contributed by atoms with Crippen LogP contribution in [0, 0.1) is 0 Å². The summed E-state index contributed by atoms with van der Waals surface area (Å²) in [5.74, 6) is -1.17. The molecule has 0 bridgehead atoms. The highest BCUT2D eigenvalue weighted by Crippen LogP contribution is 2.33. The van der Waals surface area contributed by atoms with Gasteiger partial charge in [0.15, 0.2) is 5.82 Å². The standard InChI is InChI=1S/C22H25F2N7O/c1-13(32)17-10-15-12-26-21(29-18-3-2-14-11-25-7-4-16(14)27-18)30-19(15)20(28-17)31-8-5-22(23,24)6-9-31/h2-3,10,12-13,25,32H,4-9,11H2,1H3,(H,26,27,29,30)/t13-/m1/s1. The van der Waals surface area contributed by atoms with Gasteiger partial charge in [-0.3, -0.25) is 0 Å². The molecule has 10 heteroatoms. The first kappa shape index (κ1) is 20.9. The fraction of sp³-hybridized carbons (Fsp3) is 0.455. The van der Waals surface area contributed by atoms with Gasteiger partial charge in [-0.05, 0) is 24.6 Å². The van der Waals surface area contributed by atoms with Crippen LogP contribution in [0.2, 0.25) is 0 Å². The number of piperidine rings is 1. The molecule has 3 aromatic heterocycles. The molecule has 168 valence electrons. The second-order valence-corrected chi connectivity index (χ2v) is 8.38. The molecule has 0 aliphatic carbocycles. The first-order valence-electron chi connectivity index (χ1n) is 10.8. The van der Waals surface area contributed by atoms with E-state index in [1.807, 2.05) is 17.0 Å². The van der Waals surface area contributed by atoms with Gasteiger partial charge in [-0.25, -0.2) is 28.7 Å². The zero-order chi connectivity index (χ0) is 22.3. The molecule has 1 saturated heterocycles. The van der Waals surface area contributed by atoms with Crippen molar-refractivity contribution in [2.24, 2.45) is 0 Å². The molecule has 1 atom stereocenters. The summed E-state index contributed by atoms with van der Waals surface area (Å²) in [4.78, 5) is 20.1. The molecule has 8 nitrogen and oxygen atoms in total. The molecule has 0 aromatic carbocycles. The average Bonchev–Trinajstić information content (AvgIpc) is 2.78. The molecule has 5 heterocycles. The molecule has 3 aromatic rings. The Morgan fingerprint density at radius 1 is 1.19 bits per heavy atom. The van der Waals surface area contributed by atoms with Crippen molar-refractivity contribution in [2.75, 3.05) is 29.9 Å². The van der Waals surface area contributed by atoms with Crippen molar-refractivity contribution in [3.63, 3.8) is 0 Å². The monoisotopic (exact) mass is 441 g/mol. The SMILES string of the molecule is C[C@@H](O)c1cc2cnc(Nc3ccc4c(n3)CCNC4)nc2c(N2CCC(F)(F)CC2)n1. The number of pyridine rings is 2. The van der Waals surface area contributed by atoms with Crippen LogP contribution in [0.25, 0.3) is 10.9 Å². The van der Waals surface area contributed by atoms with Gasteiger partial charge in [0.05, 0.1) is 11.8 Å². The van der Waals surface area contributed by atoms with E-state index in [2.05, 4.69) is 30.6 Å². The lowest BCUT2D eigenvalue weighted by Gasteiger charge is -2.33. The van der Waals surface area contributed by atoms with E-state index >= 15 is 0 Å². The zero-order valence-corrected chi connectivity index (χ0v) is 17.8. The van der Waals surface area contributed by atoms with E-state index in [1.165, 1.54) is 5.56 Å². The van der Waals surface area contributed by atoms with Crippen molar-refractivity contribution >= 4 is 28.5 Å². The minimum Gasteiger partial charge on any atom is -0.387 e. The lowest BCUT2D eigenvalue weighted by molar-refractivity contribution is -0.0221. The Hall–Kier alpha value is -2.98. The van der Waals surface area contributed by atoms with Crippen molar-refractivity contribution in [1.82, 2.24) is 25.3 Å². The molecule has 0 radical (unpaired) electrons. The Labute approximate surface area is 184 Å². The van der Waals surface area contributed by atoms with Crippen LogP contribution < -0.4 is 15.5 Å². The number of alkyl halides is 2. The van der Waals surface area contributed by atoms with Crippen molar-refractivity contribution in [3.05, 3.63) is 41.3 Å². The first-order valence-corrected chi connectivity index (χ1v) is 10.8.